The summed E-state index contributed by atoms with van der Waals surface area (Å²) in [5.41, 5.74) is 14.1. The second kappa shape index (κ2) is 17.0. The summed E-state index contributed by atoms with van der Waals surface area (Å²) in [5.74, 6) is 2.02. The highest BCUT2D eigenvalue weighted by molar-refractivity contribution is 7.26. The van der Waals surface area contributed by atoms with E-state index in [9.17, 15) is 0 Å². The van der Waals surface area contributed by atoms with Gasteiger partial charge in [-0.05, 0) is 114 Å². The minimum atomic E-state index is 0.0878. The average Bonchev–Trinajstić information content (AvgIpc) is 4.03. The summed E-state index contributed by atoms with van der Waals surface area (Å²) in [5, 5.41) is 17.2. The van der Waals surface area contributed by atoms with Crippen LogP contribution in [-0.4, -0.2) is 14.8 Å². The van der Waals surface area contributed by atoms with Crippen LogP contribution in [0.4, 0.5) is 0 Å². The van der Waals surface area contributed by atoms with Crippen LogP contribution in [0.15, 0.2) is 243 Å². The highest BCUT2D eigenvalue weighted by Crippen LogP contribution is 2.45. The van der Waals surface area contributed by atoms with Crippen LogP contribution in [0.3, 0.4) is 0 Å². The zero-order valence-corrected chi connectivity index (χ0v) is 38.8. The molecule has 0 spiro atoms. The van der Waals surface area contributed by atoms with Gasteiger partial charge in [-0.25, -0.2) is 0 Å². The predicted octanol–water partition coefficient (Wildman–Crippen LogP) is 17.9. The van der Waals surface area contributed by atoms with Crippen molar-refractivity contribution in [1.29, 1.82) is 0 Å². The molecule has 12 aromatic rings. The van der Waals surface area contributed by atoms with Crippen molar-refractivity contribution in [3.63, 3.8) is 0 Å². The van der Waals surface area contributed by atoms with Crippen molar-refractivity contribution in [2.45, 2.75) is 13.0 Å². The third kappa shape index (κ3) is 7.47. The summed E-state index contributed by atoms with van der Waals surface area (Å²) >= 11 is 1.87. The van der Waals surface area contributed by atoms with E-state index in [-0.39, 0.29) is 12.0 Å². The predicted molar refractivity (Wildman–Crippen MR) is 292 cm³/mol. The van der Waals surface area contributed by atoms with Crippen molar-refractivity contribution in [2.24, 2.45) is 5.92 Å². The number of hydrogen-bond donors (Lipinski definition) is 0. The van der Waals surface area contributed by atoms with Crippen LogP contribution < -0.4 is 0 Å². The Labute approximate surface area is 405 Å². The Morgan fingerprint density at radius 1 is 0.362 bits per heavy atom. The maximum atomic E-state index is 4.87. The number of allylic oxidation sites excluding steroid dienone is 4. The maximum Gasteiger partial charge on any atom is 0.164 e. The number of hydrogen-bond acceptors (Lipinski definition) is 3. The molecular formula is C65H45N3S. The van der Waals surface area contributed by atoms with Gasteiger partial charge in [0, 0.05) is 36.9 Å². The lowest BCUT2D eigenvalue weighted by molar-refractivity contribution is 0.492. The van der Waals surface area contributed by atoms with Crippen LogP contribution in [0.5, 0.6) is 0 Å². The molecule has 0 radical (unpaired) electrons. The Hall–Kier alpha value is -8.44. The van der Waals surface area contributed by atoms with Gasteiger partial charge in [-0.1, -0.05) is 213 Å². The first-order chi connectivity index (χ1) is 34.1. The van der Waals surface area contributed by atoms with Crippen LogP contribution in [0.25, 0.3) is 120 Å². The lowest BCUT2D eigenvalue weighted by Crippen LogP contribution is -2.17. The van der Waals surface area contributed by atoms with E-state index in [4.69, 9.17) is 10.2 Å². The third-order valence-electron chi connectivity index (χ3n) is 14.0. The van der Waals surface area contributed by atoms with E-state index in [1.807, 2.05) is 17.4 Å². The van der Waals surface area contributed by atoms with E-state index in [1.165, 1.54) is 91.8 Å². The first-order valence-corrected chi connectivity index (χ1v) is 24.6. The number of benzene rings is 10. The topological polar surface area (TPSA) is 30.7 Å². The molecule has 4 heteroatoms. The monoisotopic (exact) mass is 899 g/mol. The molecule has 0 aliphatic heterocycles. The molecule has 0 amide bonds. The number of nitrogens with zero attached hydrogens (tertiary/aromatic N) is 3. The van der Waals surface area contributed by atoms with Crippen LogP contribution in [0, 0.1) is 5.92 Å². The fraction of sp³-hybridized carbons (Fsp3) is 0.0462. The number of thiophene rings is 1. The van der Waals surface area contributed by atoms with Crippen LogP contribution in [0.2, 0.25) is 0 Å². The first kappa shape index (κ1) is 40.8. The number of aromatic nitrogens is 3. The van der Waals surface area contributed by atoms with Crippen molar-refractivity contribution < 1.29 is 0 Å². The van der Waals surface area contributed by atoms with E-state index in [2.05, 4.69) is 248 Å². The lowest BCUT2D eigenvalue weighted by atomic mass is 9.93. The summed E-state index contributed by atoms with van der Waals surface area (Å²) in [6.45, 7) is 2.26. The normalized spacial score (nSPS) is 14.6. The second-order valence-corrected chi connectivity index (χ2v) is 19.3. The van der Waals surface area contributed by atoms with Gasteiger partial charge in [-0.15, -0.1) is 21.5 Å². The lowest BCUT2D eigenvalue weighted by Gasteiger charge is -2.25. The summed E-state index contributed by atoms with van der Waals surface area (Å²) in [6.07, 6.45) is 8.80. The van der Waals surface area contributed by atoms with Gasteiger partial charge in [0.2, 0.25) is 0 Å². The highest BCUT2D eigenvalue weighted by atomic mass is 32.1. The Morgan fingerprint density at radius 2 is 0.812 bits per heavy atom. The Kier molecular flexibility index (Phi) is 10.1. The first-order valence-electron chi connectivity index (χ1n) is 23.7. The molecular weight excluding hydrogens is 855 g/mol. The SMILES string of the molecule is CC1C=CC=CC1n1c(-c2ccccc2)nnc1-c1ccc(-c2cc(-c3ccc(-c4ccc5ccccc5c4)cc3)cc3c2sc2ccc(-c4ccc(-c5ccc6ccccc6c5)cc4)cc23)cc1. The van der Waals surface area contributed by atoms with Gasteiger partial charge in [0.25, 0.3) is 0 Å². The molecule has 0 saturated heterocycles. The van der Waals surface area contributed by atoms with Gasteiger partial charge in [0.15, 0.2) is 11.6 Å². The molecule has 2 heterocycles. The van der Waals surface area contributed by atoms with Crippen molar-refractivity contribution in [3.8, 4) is 78.4 Å². The van der Waals surface area contributed by atoms with Gasteiger partial charge in [-0.2, -0.15) is 0 Å². The van der Waals surface area contributed by atoms with E-state index < -0.39 is 0 Å². The second-order valence-electron chi connectivity index (χ2n) is 18.3. The van der Waals surface area contributed by atoms with Gasteiger partial charge < -0.3 is 0 Å². The number of rotatable bonds is 8. The highest BCUT2D eigenvalue weighted by Gasteiger charge is 2.25. The molecule has 3 nitrogen and oxygen atoms in total. The van der Waals surface area contributed by atoms with Gasteiger partial charge in [0.1, 0.15) is 0 Å². The minimum absolute atomic E-state index is 0.0878. The molecule has 13 rings (SSSR count). The van der Waals surface area contributed by atoms with Crippen LogP contribution >= 0.6 is 11.3 Å². The molecule has 10 aromatic carbocycles. The molecule has 0 bridgehead atoms. The molecule has 2 atom stereocenters. The molecule has 0 N–H and O–H groups in total. The quantitative estimate of drug-likeness (QED) is 0.152. The largest absolute Gasteiger partial charge is 0.299 e. The molecule has 69 heavy (non-hydrogen) atoms. The summed E-state index contributed by atoms with van der Waals surface area (Å²) < 4.78 is 4.87. The Bertz CT molecular complexity index is 3950. The molecule has 1 aliphatic carbocycles. The molecule has 0 saturated carbocycles. The van der Waals surface area contributed by atoms with Crippen molar-refractivity contribution in [2.75, 3.05) is 0 Å². The molecule has 2 unspecified atom stereocenters. The summed E-state index contributed by atoms with van der Waals surface area (Å²) in [4.78, 5) is 0. The molecule has 0 fully saturated rings. The van der Waals surface area contributed by atoms with Gasteiger partial charge in [0.05, 0.1) is 6.04 Å². The average molecular weight is 900 g/mol. The Balaban J connectivity index is 0.911. The molecule has 2 aromatic heterocycles. The zero-order valence-electron chi connectivity index (χ0n) is 38.0. The van der Waals surface area contributed by atoms with E-state index in [1.54, 1.807) is 0 Å². The smallest absolute Gasteiger partial charge is 0.164 e. The zero-order chi connectivity index (χ0) is 45.8. The van der Waals surface area contributed by atoms with Gasteiger partial charge >= 0.3 is 0 Å². The Morgan fingerprint density at radius 3 is 1.41 bits per heavy atom. The minimum Gasteiger partial charge on any atom is -0.299 e. The maximum absolute atomic E-state index is 4.87. The van der Waals surface area contributed by atoms with Crippen molar-refractivity contribution in [1.82, 2.24) is 14.8 Å². The van der Waals surface area contributed by atoms with E-state index >= 15 is 0 Å². The molecule has 326 valence electrons. The number of fused-ring (bicyclic) bond motifs is 5. The van der Waals surface area contributed by atoms with Crippen LogP contribution in [-0.2, 0) is 0 Å². The summed E-state index contributed by atoms with van der Waals surface area (Å²) in [6, 6.07) is 80.0. The van der Waals surface area contributed by atoms with Gasteiger partial charge in [-0.3, -0.25) is 4.57 Å². The summed E-state index contributed by atoms with van der Waals surface area (Å²) in [7, 11) is 0. The fourth-order valence-electron chi connectivity index (χ4n) is 10.3. The van der Waals surface area contributed by atoms with E-state index in [0.29, 0.717) is 0 Å². The van der Waals surface area contributed by atoms with E-state index in [0.717, 1.165) is 28.3 Å². The molecule has 1 aliphatic rings. The van der Waals surface area contributed by atoms with Crippen molar-refractivity contribution in [3.05, 3.63) is 243 Å². The standard InChI is InChI=1S/C65H45N3S/c1-42-11-5-10-18-61(42)68-64(50-14-3-2-4-15-50)66-67-65(68)51-31-29-49(30-32-51)58-40-57(48-25-23-46(24-26-48)55-34-28-44-13-7-9-17-53(44)38-55)41-60-59-39-56(35-36-62(59)69-63(58)60)47-21-19-45(20-22-47)54-33-27-43-12-6-8-16-52(43)37-54/h2-42,61H,1H3. The third-order valence-corrected chi connectivity index (χ3v) is 15.2. The van der Waals surface area contributed by atoms with Crippen molar-refractivity contribution >= 4 is 53.1 Å². The van der Waals surface area contributed by atoms with Crippen LogP contribution in [0.1, 0.15) is 13.0 Å². The fourth-order valence-corrected chi connectivity index (χ4v) is 11.5.